The van der Waals surface area contributed by atoms with Crippen LogP contribution in [-0.4, -0.2) is 35.5 Å². The Hall–Kier alpha value is -1.31. The van der Waals surface area contributed by atoms with Gasteiger partial charge in [-0.3, -0.25) is 4.99 Å². The van der Waals surface area contributed by atoms with Crippen molar-refractivity contribution in [2.24, 2.45) is 10.7 Å². The van der Waals surface area contributed by atoms with E-state index in [-0.39, 0.29) is 29.8 Å². The summed E-state index contributed by atoms with van der Waals surface area (Å²) in [5, 5.41) is 1.05. The fraction of sp³-hybridized carbons (Fsp3) is 0.400. The van der Waals surface area contributed by atoms with Gasteiger partial charge in [-0.15, -0.1) is 24.0 Å². The molecule has 0 bridgehead atoms. The average molecular weight is 402 g/mol. The summed E-state index contributed by atoms with van der Waals surface area (Å²) in [6.07, 6.45) is 5.13. The maximum absolute atomic E-state index is 13.1. The molecule has 2 aromatic rings. The highest BCUT2D eigenvalue weighted by Crippen LogP contribution is 2.25. The maximum Gasteiger partial charge on any atom is 0.191 e. The van der Waals surface area contributed by atoms with Crippen LogP contribution in [0.1, 0.15) is 18.4 Å². The van der Waals surface area contributed by atoms with Crippen LogP contribution in [0.25, 0.3) is 10.9 Å². The van der Waals surface area contributed by atoms with E-state index < -0.39 is 0 Å². The zero-order valence-corrected chi connectivity index (χ0v) is 14.3. The van der Waals surface area contributed by atoms with Gasteiger partial charge in [-0.1, -0.05) is 0 Å². The third-order valence-corrected chi connectivity index (χ3v) is 3.84. The zero-order chi connectivity index (χ0) is 14.1. The highest BCUT2D eigenvalue weighted by molar-refractivity contribution is 14.0. The monoisotopic (exact) mass is 402 g/mol. The Labute approximate surface area is 140 Å². The first-order valence-corrected chi connectivity index (χ1v) is 6.93. The van der Waals surface area contributed by atoms with Crippen molar-refractivity contribution in [1.82, 2.24) is 9.88 Å². The van der Waals surface area contributed by atoms with Crippen molar-refractivity contribution in [2.45, 2.75) is 25.3 Å². The van der Waals surface area contributed by atoms with E-state index in [1.54, 1.807) is 6.07 Å². The van der Waals surface area contributed by atoms with Crippen molar-refractivity contribution in [3.05, 3.63) is 35.8 Å². The van der Waals surface area contributed by atoms with Crippen molar-refractivity contribution in [2.75, 3.05) is 13.6 Å². The lowest BCUT2D eigenvalue weighted by molar-refractivity contribution is 0.487. The van der Waals surface area contributed by atoms with Gasteiger partial charge in [0.2, 0.25) is 0 Å². The molecule has 0 spiro atoms. The number of aromatic nitrogens is 1. The third kappa shape index (κ3) is 3.66. The lowest BCUT2D eigenvalue weighted by Crippen LogP contribution is -2.35. The van der Waals surface area contributed by atoms with Crippen LogP contribution in [0.4, 0.5) is 4.39 Å². The van der Waals surface area contributed by atoms with Gasteiger partial charge in [-0.2, -0.15) is 0 Å². The highest BCUT2D eigenvalue weighted by Gasteiger charge is 2.27. The summed E-state index contributed by atoms with van der Waals surface area (Å²) in [7, 11) is 1.99. The quantitative estimate of drug-likeness (QED) is 0.470. The normalized spacial score (nSPS) is 15.0. The second-order valence-corrected chi connectivity index (χ2v) is 5.34. The van der Waals surface area contributed by atoms with Gasteiger partial charge in [0, 0.05) is 36.7 Å². The van der Waals surface area contributed by atoms with E-state index in [1.807, 2.05) is 18.1 Å². The number of hydrogen-bond acceptors (Lipinski definition) is 1. The number of halogens is 2. The number of nitrogens with one attached hydrogen (secondary N) is 1. The number of fused-ring (bicyclic) bond motifs is 1. The minimum Gasteiger partial charge on any atom is -0.370 e. The summed E-state index contributed by atoms with van der Waals surface area (Å²) < 4.78 is 13.1. The largest absolute Gasteiger partial charge is 0.370 e. The number of nitrogens with zero attached hydrogens (tertiary/aromatic N) is 2. The average Bonchev–Trinajstić information content (AvgIpc) is 3.21. The highest BCUT2D eigenvalue weighted by atomic mass is 127. The minimum absolute atomic E-state index is 0. The maximum atomic E-state index is 13.1. The molecule has 1 aromatic heterocycles. The molecule has 1 aliphatic carbocycles. The Morgan fingerprint density at radius 1 is 1.48 bits per heavy atom. The summed E-state index contributed by atoms with van der Waals surface area (Å²) in [6.45, 7) is 0.646. The molecule has 0 radical (unpaired) electrons. The number of rotatable bonds is 4. The van der Waals surface area contributed by atoms with E-state index >= 15 is 0 Å². The van der Waals surface area contributed by atoms with Crippen molar-refractivity contribution in [1.29, 1.82) is 0 Å². The molecule has 114 valence electrons. The van der Waals surface area contributed by atoms with Crippen molar-refractivity contribution in [3.8, 4) is 0 Å². The number of guanidine groups is 1. The molecule has 0 amide bonds. The summed E-state index contributed by atoms with van der Waals surface area (Å²) in [4.78, 5) is 9.55. The molecule has 6 heteroatoms. The Morgan fingerprint density at radius 3 is 2.95 bits per heavy atom. The van der Waals surface area contributed by atoms with Crippen LogP contribution in [0, 0.1) is 5.82 Å². The molecule has 3 rings (SSSR count). The van der Waals surface area contributed by atoms with E-state index in [2.05, 4.69) is 9.98 Å². The van der Waals surface area contributed by atoms with Gasteiger partial charge < -0.3 is 15.6 Å². The minimum atomic E-state index is -0.223. The van der Waals surface area contributed by atoms with Gasteiger partial charge in [0.25, 0.3) is 0 Å². The lowest BCUT2D eigenvalue weighted by atomic mass is 10.1. The molecule has 1 heterocycles. The first kappa shape index (κ1) is 16.1. The van der Waals surface area contributed by atoms with Crippen LogP contribution >= 0.6 is 24.0 Å². The molecule has 3 N–H and O–H groups in total. The fourth-order valence-corrected chi connectivity index (χ4v) is 2.42. The SMILES string of the molecule is CN(C(N)=NCCc1c[nH]c2cc(F)ccc12)C1CC1.I. The summed E-state index contributed by atoms with van der Waals surface area (Å²) in [5.74, 6) is 0.387. The summed E-state index contributed by atoms with van der Waals surface area (Å²) in [5.41, 5.74) is 7.92. The third-order valence-electron chi connectivity index (χ3n) is 3.84. The van der Waals surface area contributed by atoms with Crippen molar-refractivity contribution >= 4 is 40.8 Å². The van der Waals surface area contributed by atoms with E-state index in [0.29, 0.717) is 18.5 Å². The fourth-order valence-electron chi connectivity index (χ4n) is 2.42. The van der Waals surface area contributed by atoms with Gasteiger partial charge >= 0.3 is 0 Å². The molecule has 21 heavy (non-hydrogen) atoms. The molecule has 0 atom stereocenters. The van der Waals surface area contributed by atoms with Crippen LogP contribution in [0.15, 0.2) is 29.4 Å². The summed E-state index contributed by atoms with van der Waals surface area (Å²) >= 11 is 0. The second kappa shape index (κ2) is 6.64. The molecule has 0 unspecified atom stereocenters. The number of hydrogen-bond donors (Lipinski definition) is 2. The molecule has 4 nitrogen and oxygen atoms in total. The van der Waals surface area contributed by atoms with Crippen molar-refractivity contribution < 1.29 is 4.39 Å². The van der Waals surface area contributed by atoms with Crippen LogP contribution in [0.3, 0.4) is 0 Å². The lowest BCUT2D eigenvalue weighted by Gasteiger charge is -2.16. The molecule has 1 saturated carbocycles. The number of nitrogens with two attached hydrogens (primary N) is 1. The molecule has 1 aromatic carbocycles. The smallest absolute Gasteiger partial charge is 0.191 e. The molecule has 0 aliphatic heterocycles. The zero-order valence-electron chi connectivity index (χ0n) is 12.0. The van der Waals surface area contributed by atoms with Gasteiger partial charge in [-0.05, 0) is 43.0 Å². The van der Waals surface area contributed by atoms with Crippen LogP contribution < -0.4 is 5.73 Å². The Balaban J connectivity index is 0.00000161. The Morgan fingerprint density at radius 2 is 2.24 bits per heavy atom. The predicted octanol–water partition coefficient (Wildman–Crippen LogP) is 2.88. The van der Waals surface area contributed by atoms with Crippen molar-refractivity contribution in [3.63, 3.8) is 0 Å². The van der Waals surface area contributed by atoms with E-state index in [1.165, 1.54) is 25.0 Å². The Bertz CT molecular complexity index is 648. The van der Waals surface area contributed by atoms with E-state index in [4.69, 9.17) is 5.73 Å². The molecular weight excluding hydrogens is 382 g/mol. The molecule has 0 saturated heterocycles. The number of aliphatic imine (C=N–C) groups is 1. The number of benzene rings is 1. The second-order valence-electron chi connectivity index (χ2n) is 5.34. The van der Waals surface area contributed by atoms with Crippen LogP contribution in [-0.2, 0) is 6.42 Å². The molecular formula is C15H20FIN4. The topological polar surface area (TPSA) is 57.4 Å². The van der Waals surface area contributed by atoms with Crippen LogP contribution in [0.5, 0.6) is 0 Å². The van der Waals surface area contributed by atoms with E-state index in [0.717, 1.165) is 22.9 Å². The first-order chi connectivity index (χ1) is 9.65. The Kier molecular flexibility index (Phi) is 5.08. The predicted molar refractivity (Wildman–Crippen MR) is 94.7 cm³/mol. The van der Waals surface area contributed by atoms with Gasteiger partial charge in [0.05, 0.1) is 0 Å². The van der Waals surface area contributed by atoms with Gasteiger partial charge in [-0.25, -0.2) is 4.39 Å². The molecule has 1 aliphatic rings. The standard InChI is InChI=1S/C15H19FN4.HI/c1-20(12-3-4-12)15(17)18-7-6-10-9-19-14-8-11(16)2-5-13(10)14;/h2,5,8-9,12,19H,3-4,6-7H2,1H3,(H2,17,18);1H. The number of H-pyrrole nitrogens is 1. The van der Waals surface area contributed by atoms with Crippen LogP contribution in [0.2, 0.25) is 0 Å². The van der Waals surface area contributed by atoms with E-state index in [9.17, 15) is 4.39 Å². The number of aromatic amines is 1. The van der Waals surface area contributed by atoms with Gasteiger partial charge in [0.15, 0.2) is 5.96 Å². The summed E-state index contributed by atoms with van der Waals surface area (Å²) in [6, 6.07) is 5.38. The van der Waals surface area contributed by atoms with Gasteiger partial charge in [0.1, 0.15) is 5.82 Å². The first-order valence-electron chi connectivity index (χ1n) is 6.93. The molecule has 1 fully saturated rings.